The van der Waals surface area contributed by atoms with E-state index in [0.717, 1.165) is 24.3 Å². The highest BCUT2D eigenvalue weighted by Gasteiger charge is 2.37. The lowest BCUT2D eigenvalue weighted by Crippen LogP contribution is -2.36. The fourth-order valence-electron chi connectivity index (χ4n) is 3.27. The van der Waals surface area contributed by atoms with Crippen molar-refractivity contribution in [2.45, 2.75) is 22.6 Å². The molecule has 0 bridgehead atoms. The molecule has 31 heavy (non-hydrogen) atoms. The Morgan fingerprint density at radius 3 is 1.77 bits per heavy atom. The minimum absolute atomic E-state index is 0.213. The first-order valence-corrected chi connectivity index (χ1v) is 9.87. The number of halogens is 6. The van der Waals surface area contributed by atoms with Gasteiger partial charge in [0.2, 0.25) is 0 Å². The molecule has 3 aromatic carbocycles. The highest BCUT2D eigenvalue weighted by atomic mass is 32.2. The van der Waals surface area contributed by atoms with E-state index in [2.05, 4.69) is 0 Å². The summed E-state index contributed by atoms with van der Waals surface area (Å²) in [6.45, 7) is 0. The quantitative estimate of drug-likeness (QED) is 0.383. The van der Waals surface area contributed by atoms with Gasteiger partial charge >= 0.3 is 12.4 Å². The molecule has 4 rings (SSSR count). The van der Waals surface area contributed by atoms with Crippen LogP contribution in [0.1, 0.15) is 32.4 Å². The molecule has 0 aliphatic carbocycles. The normalized spacial score (nSPS) is 16.9. The Kier molecular flexibility index (Phi) is 5.25. The number of alkyl halides is 6. The Hall–Kier alpha value is -2.94. The van der Waals surface area contributed by atoms with Gasteiger partial charge in [0.25, 0.3) is 5.91 Å². The number of hydrogen-bond acceptors (Lipinski definition) is 2. The first-order chi connectivity index (χ1) is 14.6. The van der Waals surface area contributed by atoms with E-state index in [1.54, 1.807) is 24.3 Å². The van der Waals surface area contributed by atoms with E-state index < -0.39 is 34.8 Å². The summed E-state index contributed by atoms with van der Waals surface area (Å²) in [4.78, 5) is 15.2. The zero-order valence-electron chi connectivity index (χ0n) is 15.5. The largest absolute Gasteiger partial charge is 0.416 e. The SMILES string of the molecule is O=C1c2ccccc2SC(c2ccc(C(F)(F)F)cc2)N1c1ccc(C(F)(F)F)cc1. The number of anilines is 1. The highest BCUT2D eigenvalue weighted by molar-refractivity contribution is 7.99. The molecule has 0 aromatic heterocycles. The van der Waals surface area contributed by atoms with Crippen molar-refractivity contribution in [1.82, 2.24) is 0 Å². The van der Waals surface area contributed by atoms with Crippen LogP contribution in [-0.2, 0) is 12.4 Å². The number of nitrogens with zero attached hydrogens (tertiary/aromatic N) is 1. The summed E-state index contributed by atoms with van der Waals surface area (Å²) in [7, 11) is 0. The number of amides is 1. The van der Waals surface area contributed by atoms with Crippen molar-refractivity contribution in [1.29, 1.82) is 0 Å². The molecular formula is C22H13F6NOS. The van der Waals surface area contributed by atoms with Crippen LogP contribution in [0.4, 0.5) is 32.0 Å². The van der Waals surface area contributed by atoms with Crippen LogP contribution in [0.15, 0.2) is 77.7 Å². The van der Waals surface area contributed by atoms with Gasteiger partial charge in [-0.2, -0.15) is 26.3 Å². The number of benzene rings is 3. The van der Waals surface area contributed by atoms with Crippen molar-refractivity contribution in [3.05, 3.63) is 95.1 Å². The Bertz CT molecular complexity index is 1110. The second kappa shape index (κ2) is 7.64. The minimum Gasteiger partial charge on any atom is -0.291 e. The average Bonchev–Trinajstić information content (AvgIpc) is 2.73. The van der Waals surface area contributed by atoms with Crippen LogP contribution in [0.5, 0.6) is 0 Å². The van der Waals surface area contributed by atoms with E-state index in [1.807, 2.05) is 0 Å². The van der Waals surface area contributed by atoms with Gasteiger partial charge in [-0.25, -0.2) is 0 Å². The summed E-state index contributed by atoms with van der Waals surface area (Å²) in [5.41, 5.74) is -0.689. The zero-order chi connectivity index (χ0) is 22.4. The number of rotatable bonds is 2. The summed E-state index contributed by atoms with van der Waals surface area (Å²) >= 11 is 1.24. The molecule has 1 heterocycles. The molecule has 3 aromatic rings. The van der Waals surface area contributed by atoms with E-state index in [1.165, 1.54) is 40.9 Å². The van der Waals surface area contributed by atoms with E-state index in [9.17, 15) is 31.1 Å². The smallest absolute Gasteiger partial charge is 0.291 e. The van der Waals surface area contributed by atoms with Gasteiger partial charge < -0.3 is 0 Å². The van der Waals surface area contributed by atoms with Crippen LogP contribution in [0, 0.1) is 0 Å². The standard InChI is InChI=1S/C22H13F6NOS/c23-21(24,25)14-7-5-13(6-8-14)20-29(16-11-9-15(10-12-16)22(26,27)28)19(30)17-3-1-2-4-18(17)31-20/h1-12,20H. The molecule has 1 amide bonds. The van der Waals surface area contributed by atoms with Crippen LogP contribution in [0.3, 0.4) is 0 Å². The van der Waals surface area contributed by atoms with Gasteiger partial charge in [0.1, 0.15) is 5.37 Å². The number of hydrogen-bond donors (Lipinski definition) is 0. The van der Waals surface area contributed by atoms with Crippen molar-refractivity contribution in [3.8, 4) is 0 Å². The van der Waals surface area contributed by atoms with Crippen LogP contribution < -0.4 is 4.90 Å². The predicted molar refractivity (Wildman–Crippen MR) is 105 cm³/mol. The second-order valence-corrected chi connectivity index (χ2v) is 7.93. The molecule has 0 N–H and O–H groups in total. The van der Waals surface area contributed by atoms with Gasteiger partial charge in [0.15, 0.2) is 0 Å². The van der Waals surface area contributed by atoms with Gasteiger partial charge in [-0.1, -0.05) is 36.0 Å². The lowest BCUT2D eigenvalue weighted by atomic mass is 10.1. The van der Waals surface area contributed by atoms with Gasteiger partial charge in [0, 0.05) is 10.6 Å². The minimum atomic E-state index is -4.53. The third-order valence-corrected chi connectivity index (χ3v) is 6.12. The van der Waals surface area contributed by atoms with E-state index >= 15 is 0 Å². The third kappa shape index (κ3) is 4.14. The van der Waals surface area contributed by atoms with Gasteiger partial charge in [0.05, 0.1) is 16.7 Å². The molecule has 1 aliphatic heterocycles. The predicted octanol–water partition coefficient (Wildman–Crippen LogP) is 7.18. The first-order valence-electron chi connectivity index (χ1n) is 8.99. The number of carbonyl (C=O) groups is 1. The van der Waals surface area contributed by atoms with Crippen molar-refractivity contribution in [2.75, 3.05) is 4.90 Å². The number of fused-ring (bicyclic) bond motifs is 1. The molecule has 1 atom stereocenters. The fourth-order valence-corrected chi connectivity index (χ4v) is 4.57. The number of carbonyl (C=O) groups excluding carboxylic acids is 1. The number of thioether (sulfide) groups is 1. The maximum atomic E-state index is 13.2. The van der Waals surface area contributed by atoms with Gasteiger partial charge in [-0.05, 0) is 54.1 Å². The second-order valence-electron chi connectivity index (χ2n) is 6.81. The molecule has 0 fully saturated rings. The summed E-state index contributed by atoms with van der Waals surface area (Å²) in [5, 5.41) is -0.749. The molecule has 1 aliphatic rings. The first kappa shape index (κ1) is 21.3. The Morgan fingerprint density at radius 1 is 0.710 bits per heavy atom. The lowest BCUT2D eigenvalue weighted by molar-refractivity contribution is -0.138. The van der Waals surface area contributed by atoms with Crippen molar-refractivity contribution >= 4 is 23.4 Å². The molecule has 160 valence electrons. The Balaban J connectivity index is 1.78. The molecule has 0 radical (unpaired) electrons. The molecule has 0 spiro atoms. The summed E-state index contributed by atoms with van der Waals surface area (Å²) < 4.78 is 77.6. The van der Waals surface area contributed by atoms with Crippen molar-refractivity contribution in [3.63, 3.8) is 0 Å². The third-order valence-electron chi connectivity index (χ3n) is 4.81. The monoisotopic (exact) mass is 453 g/mol. The topological polar surface area (TPSA) is 20.3 Å². The van der Waals surface area contributed by atoms with E-state index in [-0.39, 0.29) is 5.69 Å². The van der Waals surface area contributed by atoms with Crippen molar-refractivity contribution < 1.29 is 31.1 Å². The molecule has 1 unspecified atom stereocenters. The molecule has 9 heteroatoms. The van der Waals surface area contributed by atoms with Crippen LogP contribution in [-0.4, -0.2) is 5.91 Å². The van der Waals surface area contributed by atoms with Gasteiger partial charge in [-0.15, -0.1) is 0 Å². The average molecular weight is 453 g/mol. The molecule has 0 saturated heterocycles. The Labute approximate surface area is 177 Å². The van der Waals surface area contributed by atoms with Crippen molar-refractivity contribution in [2.24, 2.45) is 0 Å². The molecule has 0 saturated carbocycles. The highest BCUT2D eigenvalue weighted by Crippen LogP contribution is 2.47. The fraction of sp³-hybridized carbons (Fsp3) is 0.136. The summed E-state index contributed by atoms with van der Waals surface area (Å²) in [6.07, 6.45) is -9.04. The van der Waals surface area contributed by atoms with E-state index in [4.69, 9.17) is 0 Å². The Morgan fingerprint density at radius 2 is 1.23 bits per heavy atom. The van der Waals surface area contributed by atoms with Crippen LogP contribution in [0.25, 0.3) is 0 Å². The maximum absolute atomic E-state index is 13.2. The summed E-state index contributed by atoms with van der Waals surface area (Å²) in [6, 6.07) is 15.2. The zero-order valence-corrected chi connectivity index (χ0v) is 16.4. The van der Waals surface area contributed by atoms with E-state index in [0.29, 0.717) is 16.0 Å². The summed E-state index contributed by atoms with van der Waals surface area (Å²) in [5.74, 6) is -0.445. The van der Waals surface area contributed by atoms with Crippen LogP contribution in [0.2, 0.25) is 0 Å². The molecular weight excluding hydrogens is 440 g/mol. The molecule has 2 nitrogen and oxygen atoms in total. The van der Waals surface area contributed by atoms with Gasteiger partial charge in [-0.3, -0.25) is 9.69 Å². The lowest BCUT2D eigenvalue weighted by Gasteiger charge is -2.36. The van der Waals surface area contributed by atoms with Crippen LogP contribution >= 0.6 is 11.8 Å². The maximum Gasteiger partial charge on any atom is 0.416 e.